The summed E-state index contributed by atoms with van der Waals surface area (Å²) in [6.45, 7) is 9.92. The van der Waals surface area contributed by atoms with E-state index in [-0.39, 0.29) is 5.54 Å². The Morgan fingerprint density at radius 3 is 2.59 bits per heavy atom. The molecule has 5 nitrogen and oxygen atoms in total. The van der Waals surface area contributed by atoms with Gasteiger partial charge >= 0.3 is 0 Å². The van der Waals surface area contributed by atoms with Gasteiger partial charge in [0.1, 0.15) is 5.54 Å². The lowest BCUT2D eigenvalue weighted by molar-refractivity contribution is -0.154. The van der Waals surface area contributed by atoms with Gasteiger partial charge in [0.05, 0.1) is 10.7 Å². The number of aromatic nitrogens is 1. The number of carbonyl (C=O) groups excluding carboxylic acids is 1. The summed E-state index contributed by atoms with van der Waals surface area (Å²) in [4.78, 5) is 24.1. The fraction of sp³-hybridized carbons (Fsp3) is 0.750. The van der Waals surface area contributed by atoms with Crippen LogP contribution < -0.4 is 0 Å². The van der Waals surface area contributed by atoms with Gasteiger partial charge in [0.15, 0.2) is 0 Å². The first-order valence-corrected chi connectivity index (χ1v) is 9.07. The maximum absolute atomic E-state index is 12.8. The number of likely N-dealkylation sites (N-methyl/N-ethyl adjacent to an activating group) is 2. The number of amides is 1. The molecule has 1 amide bonds. The second kappa shape index (κ2) is 6.26. The highest BCUT2D eigenvalue weighted by Crippen LogP contribution is 2.33. The SMILES string of the molecule is CCN1CCN(C)C(=O)C12CCN(Cc1csc(C)n1)CC2. The van der Waals surface area contributed by atoms with Crippen LogP contribution in [0.2, 0.25) is 0 Å². The summed E-state index contributed by atoms with van der Waals surface area (Å²) in [6.07, 6.45) is 1.88. The molecule has 3 heterocycles. The maximum atomic E-state index is 12.8. The molecule has 2 aliphatic heterocycles. The van der Waals surface area contributed by atoms with Crippen molar-refractivity contribution in [1.29, 1.82) is 0 Å². The van der Waals surface area contributed by atoms with Gasteiger partial charge in [-0.15, -0.1) is 11.3 Å². The molecule has 0 saturated carbocycles. The molecule has 2 saturated heterocycles. The van der Waals surface area contributed by atoms with Crippen molar-refractivity contribution in [3.05, 3.63) is 16.1 Å². The van der Waals surface area contributed by atoms with Gasteiger partial charge in [-0.25, -0.2) is 4.98 Å². The summed E-state index contributed by atoms with van der Waals surface area (Å²) >= 11 is 1.71. The zero-order chi connectivity index (χ0) is 15.7. The molecule has 0 atom stereocenters. The Labute approximate surface area is 136 Å². The molecule has 1 aromatic rings. The van der Waals surface area contributed by atoms with E-state index in [1.54, 1.807) is 11.3 Å². The average Bonchev–Trinajstić information content (AvgIpc) is 2.92. The predicted molar refractivity (Wildman–Crippen MR) is 89.0 cm³/mol. The minimum Gasteiger partial charge on any atom is -0.343 e. The van der Waals surface area contributed by atoms with Crippen LogP contribution in [-0.4, -0.2) is 70.9 Å². The maximum Gasteiger partial charge on any atom is 0.242 e. The summed E-state index contributed by atoms with van der Waals surface area (Å²) in [5.41, 5.74) is 0.911. The highest BCUT2D eigenvalue weighted by molar-refractivity contribution is 7.09. The molecule has 1 aromatic heterocycles. The van der Waals surface area contributed by atoms with Gasteiger partial charge in [0, 0.05) is 45.2 Å². The third-order valence-corrected chi connectivity index (χ3v) is 5.99. The summed E-state index contributed by atoms with van der Waals surface area (Å²) < 4.78 is 0. The van der Waals surface area contributed by atoms with Gasteiger partial charge < -0.3 is 4.90 Å². The highest BCUT2D eigenvalue weighted by Gasteiger charge is 2.49. The third kappa shape index (κ3) is 2.79. The number of piperazine rings is 1. The number of rotatable bonds is 3. The standard InChI is InChI=1S/C16H26N4OS/c1-4-20-10-9-18(3)15(21)16(20)5-7-19(8-6-16)11-14-12-22-13(2)17-14/h12H,4-11H2,1-3H3. The first kappa shape index (κ1) is 15.9. The van der Waals surface area contributed by atoms with Crippen LogP contribution in [0.4, 0.5) is 0 Å². The molecule has 3 rings (SSSR count). The molecule has 6 heteroatoms. The van der Waals surface area contributed by atoms with Crippen molar-refractivity contribution in [2.45, 2.75) is 38.8 Å². The third-order valence-electron chi connectivity index (χ3n) is 5.17. The van der Waals surface area contributed by atoms with E-state index in [4.69, 9.17) is 0 Å². The van der Waals surface area contributed by atoms with Crippen LogP contribution >= 0.6 is 11.3 Å². The number of thiazole rings is 1. The van der Waals surface area contributed by atoms with E-state index >= 15 is 0 Å². The van der Waals surface area contributed by atoms with E-state index in [0.29, 0.717) is 5.91 Å². The van der Waals surface area contributed by atoms with Gasteiger partial charge in [-0.05, 0) is 26.3 Å². The highest BCUT2D eigenvalue weighted by atomic mass is 32.1. The van der Waals surface area contributed by atoms with Crippen LogP contribution in [0.15, 0.2) is 5.38 Å². The van der Waals surface area contributed by atoms with Crippen LogP contribution in [0.5, 0.6) is 0 Å². The monoisotopic (exact) mass is 322 g/mol. The van der Waals surface area contributed by atoms with Gasteiger partial charge in [0.25, 0.3) is 0 Å². The van der Waals surface area contributed by atoms with Crippen molar-refractivity contribution >= 4 is 17.2 Å². The quantitative estimate of drug-likeness (QED) is 0.847. The van der Waals surface area contributed by atoms with Crippen LogP contribution in [-0.2, 0) is 11.3 Å². The average molecular weight is 322 g/mol. The van der Waals surface area contributed by atoms with E-state index in [1.165, 1.54) is 0 Å². The van der Waals surface area contributed by atoms with E-state index in [0.717, 1.165) is 62.8 Å². The lowest BCUT2D eigenvalue weighted by Crippen LogP contribution is -2.67. The summed E-state index contributed by atoms with van der Waals surface area (Å²) in [5, 5.41) is 3.28. The first-order chi connectivity index (χ1) is 10.5. The second-order valence-corrected chi connectivity index (χ2v) is 7.53. The number of hydrogen-bond acceptors (Lipinski definition) is 5. The molecule has 0 radical (unpaired) electrons. The van der Waals surface area contributed by atoms with E-state index in [2.05, 4.69) is 34.0 Å². The Morgan fingerprint density at radius 1 is 1.27 bits per heavy atom. The Hall–Kier alpha value is -0.980. The number of piperidine rings is 1. The molecule has 0 N–H and O–H groups in total. The lowest BCUT2D eigenvalue weighted by Gasteiger charge is -2.52. The Bertz CT molecular complexity index is 536. The molecule has 0 aromatic carbocycles. The molecule has 2 fully saturated rings. The first-order valence-electron chi connectivity index (χ1n) is 8.19. The van der Waals surface area contributed by atoms with Crippen LogP contribution in [0.1, 0.15) is 30.5 Å². The van der Waals surface area contributed by atoms with Crippen molar-refractivity contribution < 1.29 is 4.79 Å². The van der Waals surface area contributed by atoms with Crippen molar-refractivity contribution in [1.82, 2.24) is 19.7 Å². The summed E-state index contributed by atoms with van der Waals surface area (Å²) in [7, 11) is 1.95. The fourth-order valence-corrected chi connectivity index (χ4v) is 4.46. The minimum atomic E-state index is -0.254. The van der Waals surface area contributed by atoms with E-state index < -0.39 is 0 Å². The minimum absolute atomic E-state index is 0.254. The van der Waals surface area contributed by atoms with E-state index in [9.17, 15) is 4.79 Å². The lowest BCUT2D eigenvalue weighted by atomic mass is 9.82. The van der Waals surface area contributed by atoms with Crippen molar-refractivity contribution in [2.24, 2.45) is 0 Å². The molecule has 122 valence electrons. The zero-order valence-electron chi connectivity index (χ0n) is 13.8. The van der Waals surface area contributed by atoms with Gasteiger partial charge in [-0.2, -0.15) is 0 Å². The largest absolute Gasteiger partial charge is 0.343 e. The Balaban J connectivity index is 1.67. The fourth-order valence-electron chi connectivity index (χ4n) is 3.86. The van der Waals surface area contributed by atoms with Gasteiger partial charge in [-0.1, -0.05) is 6.92 Å². The van der Waals surface area contributed by atoms with Gasteiger partial charge in [-0.3, -0.25) is 14.6 Å². The molecule has 2 aliphatic rings. The molecular formula is C16H26N4OS. The molecule has 0 unspecified atom stereocenters. The number of hydrogen-bond donors (Lipinski definition) is 0. The normalized spacial score (nSPS) is 23.4. The Morgan fingerprint density at radius 2 is 2.00 bits per heavy atom. The number of likely N-dealkylation sites (tertiary alicyclic amines) is 1. The summed E-state index contributed by atoms with van der Waals surface area (Å²) in [6, 6.07) is 0. The molecule has 22 heavy (non-hydrogen) atoms. The summed E-state index contributed by atoms with van der Waals surface area (Å²) in [5.74, 6) is 0.324. The second-order valence-electron chi connectivity index (χ2n) is 6.47. The zero-order valence-corrected chi connectivity index (χ0v) is 14.7. The topological polar surface area (TPSA) is 39.7 Å². The number of nitrogens with zero attached hydrogens (tertiary/aromatic N) is 4. The predicted octanol–water partition coefficient (Wildman–Crippen LogP) is 1.58. The van der Waals surface area contributed by atoms with Crippen LogP contribution in [0, 0.1) is 6.92 Å². The van der Waals surface area contributed by atoms with Crippen molar-refractivity contribution in [3.8, 4) is 0 Å². The van der Waals surface area contributed by atoms with E-state index in [1.807, 2.05) is 11.9 Å². The van der Waals surface area contributed by atoms with Gasteiger partial charge in [0.2, 0.25) is 5.91 Å². The van der Waals surface area contributed by atoms with Crippen LogP contribution in [0.3, 0.4) is 0 Å². The van der Waals surface area contributed by atoms with Crippen molar-refractivity contribution in [2.75, 3.05) is 39.8 Å². The molecule has 0 bridgehead atoms. The smallest absolute Gasteiger partial charge is 0.242 e. The number of aryl methyl sites for hydroxylation is 1. The van der Waals surface area contributed by atoms with Crippen LogP contribution in [0.25, 0.3) is 0 Å². The molecular weight excluding hydrogens is 296 g/mol. The Kier molecular flexibility index (Phi) is 4.52. The van der Waals surface area contributed by atoms with Crippen molar-refractivity contribution in [3.63, 3.8) is 0 Å². The number of carbonyl (C=O) groups is 1. The molecule has 1 spiro atoms. The molecule has 0 aliphatic carbocycles.